The van der Waals surface area contributed by atoms with Crippen molar-refractivity contribution in [1.29, 1.82) is 0 Å². The highest BCUT2D eigenvalue weighted by Crippen LogP contribution is 2.28. The van der Waals surface area contributed by atoms with Crippen molar-refractivity contribution in [2.45, 2.75) is 6.42 Å². The van der Waals surface area contributed by atoms with Crippen LogP contribution < -0.4 is 16.0 Å². The Morgan fingerprint density at radius 1 is 1.38 bits per heavy atom. The Labute approximate surface area is 95.1 Å². The van der Waals surface area contributed by atoms with Gasteiger partial charge in [-0.2, -0.15) is 4.98 Å². The number of piperidine rings is 1. The normalized spacial score (nSPS) is 29.1. The number of hydrogen-bond acceptors (Lipinski definition) is 5. The third kappa shape index (κ3) is 1.71. The Hall–Kier alpha value is -1.36. The molecule has 0 aromatic carbocycles. The summed E-state index contributed by atoms with van der Waals surface area (Å²) >= 11 is 0. The molecule has 86 valence electrons. The van der Waals surface area contributed by atoms with Gasteiger partial charge in [-0.05, 0) is 37.4 Å². The first-order valence-corrected chi connectivity index (χ1v) is 5.87. The van der Waals surface area contributed by atoms with Gasteiger partial charge in [-0.15, -0.1) is 0 Å². The summed E-state index contributed by atoms with van der Waals surface area (Å²) in [5, 5.41) is 3.46. The minimum atomic E-state index is 0.365. The standard InChI is InChI=1S/C11H17N5/c12-11-14-3-1-10(15-11)16-4-2-8-5-13-6-9(8)7-16/h1,3,8-9,13H,2,4-7H2,(H2,12,14,15)/t8-,9-/m0/s1. The van der Waals surface area contributed by atoms with Crippen LogP contribution in [0.2, 0.25) is 0 Å². The van der Waals surface area contributed by atoms with Crippen LogP contribution in [0.4, 0.5) is 11.8 Å². The molecule has 16 heavy (non-hydrogen) atoms. The molecule has 3 rings (SSSR count). The Morgan fingerprint density at radius 2 is 2.25 bits per heavy atom. The number of nitrogens with two attached hydrogens (primary N) is 1. The molecule has 5 heteroatoms. The number of rotatable bonds is 1. The van der Waals surface area contributed by atoms with Crippen molar-refractivity contribution in [3.63, 3.8) is 0 Å². The van der Waals surface area contributed by atoms with E-state index in [1.165, 1.54) is 13.0 Å². The molecule has 1 aromatic heterocycles. The molecule has 1 aromatic rings. The molecular formula is C11H17N5. The van der Waals surface area contributed by atoms with E-state index in [0.29, 0.717) is 5.95 Å². The molecule has 2 aliphatic rings. The van der Waals surface area contributed by atoms with E-state index in [4.69, 9.17) is 5.73 Å². The van der Waals surface area contributed by atoms with Crippen molar-refractivity contribution >= 4 is 11.8 Å². The lowest BCUT2D eigenvalue weighted by Gasteiger charge is -2.35. The van der Waals surface area contributed by atoms with Gasteiger partial charge in [0.05, 0.1) is 0 Å². The average Bonchev–Trinajstić information content (AvgIpc) is 2.75. The van der Waals surface area contributed by atoms with Crippen molar-refractivity contribution in [3.05, 3.63) is 12.3 Å². The van der Waals surface area contributed by atoms with Crippen LogP contribution in [-0.2, 0) is 0 Å². The van der Waals surface area contributed by atoms with E-state index in [9.17, 15) is 0 Å². The summed E-state index contributed by atoms with van der Waals surface area (Å²) in [6.07, 6.45) is 2.98. The lowest BCUT2D eigenvalue weighted by Crippen LogP contribution is -2.40. The molecule has 0 aliphatic carbocycles. The molecule has 0 spiro atoms. The number of aromatic nitrogens is 2. The van der Waals surface area contributed by atoms with Crippen LogP contribution in [0.25, 0.3) is 0 Å². The molecule has 2 aliphatic heterocycles. The SMILES string of the molecule is Nc1nccc(N2CC[C@H]3CNC[C@H]3C2)n1. The third-order valence-electron chi connectivity index (χ3n) is 3.69. The van der Waals surface area contributed by atoms with Gasteiger partial charge in [-0.25, -0.2) is 4.98 Å². The van der Waals surface area contributed by atoms with E-state index in [0.717, 1.165) is 37.3 Å². The second-order valence-corrected chi connectivity index (χ2v) is 4.69. The fourth-order valence-corrected chi connectivity index (χ4v) is 2.78. The minimum absolute atomic E-state index is 0.365. The lowest BCUT2D eigenvalue weighted by atomic mass is 9.89. The maximum atomic E-state index is 5.61. The van der Waals surface area contributed by atoms with Crippen molar-refractivity contribution in [2.75, 3.05) is 36.8 Å². The number of nitrogens with one attached hydrogen (secondary N) is 1. The Morgan fingerprint density at radius 3 is 3.12 bits per heavy atom. The van der Waals surface area contributed by atoms with Crippen LogP contribution in [-0.4, -0.2) is 36.1 Å². The molecule has 0 unspecified atom stereocenters. The molecule has 3 N–H and O–H groups in total. The number of nitrogen functional groups attached to an aromatic ring is 1. The van der Waals surface area contributed by atoms with Gasteiger partial charge in [0.2, 0.25) is 5.95 Å². The molecule has 2 saturated heterocycles. The van der Waals surface area contributed by atoms with Gasteiger partial charge < -0.3 is 16.0 Å². The zero-order valence-electron chi connectivity index (χ0n) is 9.26. The van der Waals surface area contributed by atoms with Gasteiger partial charge in [-0.3, -0.25) is 0 Å². The molecule has 2 fully saturated rings. The van der Waals surface area contributed by atoms with Crippen LogP contribution in [0.1, 0.15) is 6.42 Å². The van der Waals surface area contributed by atoms with Crippen molar-refractivity contribution in [3.8, 4) is 0 Å². The molecule has 3 heterocycles. The Bertz CT molecular complexity index is 380. The monoisotopic (exact) mass is 219 g/mol. The van der Waals surface area contributed by atoms with Gasteiger partial charge in [0.1, 0.15) is 5.82 Å². The molecule has 0 bridgehead atoms. The highest BCUT2D eigenvalue weighted by molar-refractivity contribution is 5.41. The number of fused-ring (bicyclic) bond motifs is 1. The number of hydrogen-bond donors (Lipinski definition) is 2. The van der Waals surface area contributed by atoms with Crippen LogP contribution in [0.5, 0.6) is 0 Å². The summed E-state index contributed by atoms with van der Waals surface area (Å²) in [4.78, 5) is 10.5. The minimum Gasteiger partial charge on any atom is -0.368 e. The third-order valence-corrected chi connectivity index (χ3v) is 3.69. The fraction of sp³-hybridized carbons (Fsp3) is 0.636. The summed E-state index contributed by atoms with van der Waals surface area (Å²) < 4.78 is 0. The smallest absolute Gasteiger partial charge is 0.221 e. The first-order chi connectivity index (χ1) is 7.83. The Kier molecular flexibility index (Phi) is 2.40. The number of nitrogens with zero attached hydrogens (tertiary/aromatic N) is 3. The summed E-state index contributed by atoms with van der Waals surface area (Å²) in [6.45, 7) is 4.50. The van der Waals surface area contributed by atoms with Crippen molar-refractivity contribution < 1.29 is 0 Å². The second-order valence-electron chi connectivity index (χ2n) is 4.69. The van der Waals surface area contributed by atoms with Crippen LogP contribution in [0.15, 0.2) is 12.3 Å². The summed E-state index contributed by atoms with van der Waals surface area (Å²) in [7, 11) is 0. The highest BCUT2D eigenvalue weighted by atomic mass is 15.2. The van der Waals surface area contributed by atoms with Gasteiger partial charge in [0, 0.05) is 19.3 Å². The first kappa shape index (κ1) is 9.84. The van der Waals surface area contributed by atoms with Crippen LogP contribution >= 0.6 is 0 Å². The maximum Gasteiger partial charge on any atom is 0.221 e. The zero-order valence-corrected chi connectivity index (χ0v) is 9.26. The lowest BCUT2D eigenvalue weighted by molar-refractivity contribution is 0.347. The zero-order chi connectivity index (χ0) is 11.0. The van der Waals surface area contributed by atoms with E-state index in [-0.39, 0.29) is 0 Å². The van der Waals surface area contributed by atoms with E-state index in [1.807, 2.05) is 6.07 Å². The molecule has 0 amide bonds. The van der Waals surface area contributed by atoms with E-state index in [2.05, 4.69) is 20.2 Å². The second kappa shape index (κ2) is 3.90. The van der Waals surface area contributed by atoms with Gasteiger partial charge in [0.25, 0.3) is 0 Å². The fourth-order valence-electron chi connectivity index (χ4n) is 2.78. The Balaban J connectivity index is 1.76. The summed E-state index contributed by atoms with van der Waals surface area (Å²) in [5.41, 5.74) is 5.61. The van der Waals surface area contributed by atoms with E-state index < -0.39 is 0 Å². The van der Waals surface area contributed by atoms with Gasteiger partial charge in [-0.1, -0.05) is 0 Å². The molecular weight excluding hydrogens is 202 g/mol. The van der Waals surface area contributed by atoms with E-state index >= 15 is 0 Å². The van der Waals surface area contributed by atoms with Crippen molar-refractivity contribution in [1.82, 2.24) is 15.3 Å². The van der Waals surface area contributed by atoms with Crippen LogP contribution in [0, 0.1) is 11.8 Å². The predicted molar refractivity (Wildman–Crippen MR) is 63.1 cm³/mol. The van der Waals surface area contributed by atoms with Gasteiger partial charge >= 0.3 is 0 Å². The van der Waals surface area contributed by atoms with E-state index in [1.54, 1.807) is 6.20 Å². The highest BCUT2D eigenvalue weighted by Gasteiger charge is 2.33. The molecule has 0 radical (unpaired) electrons. The molecule has 0 saturated carbocycles. The summed E-state index contributed by atoms with van der Waals surface area (Å²) in [6, 6.07) is 1.94. The number of anilines is 2. The van der Waals surface area contributed by atoms with Gasteiger partial charge in [0.15, 0.2) is 0 Å². The van der Waals surface area contributed by atoms with Crippen molar-refractivity contribution in [2.24, 2.45) is 11.8 Å². The quantitative estimate of drug-likeness (QED) is 0.701. The molecule has 2 atom stereocenters. The summed E-state index contributed by atoms with van der Waals surface area (Å²) in [5.74, 6) is 2.96. The topological polar surface area (TPSA) is 67.1 Å². The average molecular weight is 219 g/mol. The molecule has 5 nitrogen and oxygen atoms in total. The maximum absolute atomic E-state index is 5.61. The predicted octanol–water partition coefficient (Wildman–Crippen LogP) is 0.104. The first-order valence-electron chi connectivity index (χ1n) is 5.87. The van der Waals surface area contributed by atoms with Crippen LogP contribution in [0.3, 0.4) is 0 Å². The largest absolute Gasteiger partial charge is 0.368 e.